The number of hydrogen-bond donors (Lipinski definition) is 1. The zero-order valence-corrected chi connectivity index (χ0v) is 12.6. The molecular formula is C14H13ClN4O3. The summed E-state index contributed by atoms with van der Waals surface area (Å²) in [6, 6.07) is 3.51. The van der Waals surface area contributed by atoms with Gasteiger partial charge in [0.05, 0.1) is 24.9 Å². The van der Waals surface area contributed by atoms with Gasteiger partial charge in [-0.15, -0.1) is 0 Å². The smallest absolute Gasteiger partial charge is 0.415 e. The molecule has 2 saturated heterocycles. The number of nitrogens with one attached hydrogen (secondary N) is 1. The van der Waals surface area contributed by atoms with E-state index in [0.717, 1.165) is 0 Å². The molecule has 1 spiro atoms. The van der Waals surface area contributed by atoms with E-state index < -0.39 is 5.60 Å². The Labute approximate surface area is 131 Å². The number of halogens is 1. The number of benzene rings is 1. The first-order valence-electron chi connectivity index (χ1n) is 6.81. The third-order valence-corrected chi connectivity index (χ3v) is 4.34. The summed E-state index contributed by atoms with van der Waals surface area (Å²) in [5.41, 5.74) is 0.835. The molecule has 0 aliphatic carbocycles. The normalized spacial score (nSPS) is 19.4. The molecule has 2 aliphatic rings. The van der Waals surface area contributed by atoms with Crippen LogP contribution in [0.3, 0.4) is 0 Å². The van der Waals surface area contributed by atoms with Crippen molar-refractivity contribution in [3.63, 3.8) is 0 Å². The van der Waals surface area contributed by atoms with Crippen molar-refractivity contribution in [3.8, 4) is 5.75 Å². The maximum atomic E-state index is 12.2. The molecule has 114 valence electrons. The number of hydrogen-bond acceptors (Lipinski definition) is 6. The average molecular weight is 321 g/mol. The van der Waals surface area contributed by atoms with Gasteiger partial charge < -0.3 is 14.8 Å². The molecule has 8 heteroatoms. The SMILES string of the molecule is COc1cc2ncnc(Cl)c2cc1N1CC2(CNC2)OC1=O. The van der Waals surface area contributed by atoms with Crippen LogP contribution in [0.4, 0.5) is 10.5 Å². The Kier molecular flexibility index (Phi) is 2.88. The van der Waals surface area contributed by atoms with Gasteiger partial charge >= 0.3 is 6.09 Å². The lowest BCUT2D eigenvalue weighted by Crippen LogP contribution is -2.61. The average Bonchev–Trinajstić information content (AvgIpc) is 2.84. The first-order chi connectivity index (χ1) is 10.6. The molecule has 2 aliphatic heterocycles. The second kappa shape index (κ2) is 4.69. The van der Waals surface area contributed by atoms with Crippen LogP contribution in [-0.2, 0) is 4.74 Å². The number of methoxy groups -OCH3 is 1. The number of carbonyl (C=O) groups excluding carboxylic acids is 1. The molecular weight excluding hydrogens is 308 g/mol. The van der Waals surface area contributed by atoms with Crippen LogP contribution in [0.1, 0.15) is 0 Å². The highest BCUT2D eigenvalue weighted by Crippen LogP contribution is 2.39. The van der Waals surface area contributed by atoms with Gasteiger partial charge in [0, 0.05) is 24.5 Å². The largest absolute Gasteiger partial charge is 0.494 e. The quantitative estimate of drug-likeness (QED) is 0.847. The summed E-state index contributed by atoms with van der Waals surface area (Å²) >= 11 is 6.13. The number of amides is 1. The molecule has 4 rings (SSSR count). The van der Waals surface area contributed by atoms with Gasteiger partial charge in [0.25, 0.3) is 0 Å². The van der Waals surface area contributed by atoms with Crippen molar-refractivity contribution in [3.05, 3.63) is 23.6 Å². The molecule has 1 amide bonds. The van der Waals surface area contributed by atoms with Crippen LogP contribution >= 0.6 is 11.6 Å². The van der Waals surface area contributed by atoms with Crippen LogP contribution in [0.2, 0.25) is 5.15 Å². The third kappa shape index (κ3) is 1.89. The molecule has 7 nitrogen and oxygen atoms in total. The van der Waals surface area contributed by atoms with E-state index in [1.807, 2.05) is 0 Å². The second-order valence-corrected chi connectivity index (χ2v) is 5.80. The van der Waals surface area contributed by atoms with E-state index in [0.29, 0.717) is 47.1 Å². The lowest BCUT2D eigenvalue weighted by Gasteiger charge is -2.36. The first kappa shape index (κ1) is 13.5. The number of aromatic nitrogens is 2. The maximum Gasteiger partial charge on any atom is 0.415 e. The molecule has 2 fully saturated rings. The minimum atomic E-state index is -0.436. The monoisotopic (exact) mass is 320 g/mol. The van der Waals surface area contributed by atoms with Gasteiger partial charge in [-0.3, -0.25) is 4.90 Å². The summed E-state index contributed by atoms with van der Waals surface area (Å²) in [6.07, 6.45) is 1.01. The van der Waals surface area contributed by atoms with Gasteiger partial charge in [0.15, 0.2) is 5.60 Å². The molecule has 1 aromatic carbocycles. The van der Waals surface area contributed by atoms with Crippen LogP contribution in [0.5, 0.6) is 5.75 Å². The molecule has 0 unspecified atom stereocenters. The molecule has 0 bridgehead atoms. The van der Waals surface area contributed by atoms with Crippen molar-refractivity contribution < 1.29 is 14.3 Å². The number of rotatable bonds is 2. The number of nitrogens with zero attached hydrogens (tertiary/aromatic N) is 3. The summed E-state index contributed by atoms with van der Waals surface area (Å²) in [6.45, 7) is 1.80. The van der Waals surface area contributed by atoms with Gasteiger partial charge in [-0.1, -0.05) is 11.6 Å². The van der Waals surface area contributed by atoms with E-state index in [1.165, 1.54) is 6.33 Å². The molecule has 3 heterocycles. The first-order valence-corrected chi connectivity index (χ1v) is 7.19. The zero-order chi connectivity index (χ0) is 15.3. The summed E-state index contributed by atoms with van der Waals surface area (Å²) in [5.74, 6) is 0.545. The molecule has 1 aromatic heterocycles. The molecule has 22 heavy (non-hydrogen) atoms. The lowest BCUT2D eigenvalue weighted by atomic mass is 9.97. The summed E-state index contributed by atoms with van der Waals surface area (Å²) in [7, 11) is 1.55. The van der Waals surface area contributed by atoms with Gasteiger partial charge in [-0.05, 0) is 6.07 Å². The molecule has 0 atom stereocenters. The molecule has 1 N–H and O–H groups in total. The highest BCUT2D eigenvalue weighted by molar-refractivity contribution is 6.34. The van der Waals surface area contributed by atoms with Crippen molar-refractivity contribution in [2.75, 3.05) is 31.6 Å². The van der Waals surface area contributed by atoms with Crippen LogP contribution in [0.25, 0.3) is 10.9 Å². The van der Waals surface area contributed by atoms with E-state index in [4.69, 9.17) is 21.1 Å². The van der Waals surface area contributed by atoms with Crippen LogP contribution in [0, 0.1) is 0 Å². The predicted molar refractivity (Wildman–Crippen MR) is 80.5 cm³/mol. The summed E-state index contributed by atoms with van der Waals surface area (Å²) < 4.78 is 10.9. The minimum absolute atomic E-state index is 0.335. The van der Waals surface area contributed by atoms with E-state index in [9.17, 15) is 4.79 Å². The van der Waals surface area contributed by atoms with Crippen molar-refractivity contribution in [1.29, 1.82) is 0 Å². The van der Waals surface area contributed by atoms with Crippen molar-refractivity contribution >= 4 is 34.3 Å². The Balaban J connectivity index is 1.83. The standard InChI is InChI=1S/C14H13ClN4O3/c1-21-11-3-9-8(12(15)18-7-17-9)2-10(11)19-6-14(4-16-5-14)22-13(19)20/h2-3,7,16H,4-6H2,1H3. The van der Waals surface area contributed by atoms with Crippen molar-refractivity contribution in [2.24, 2.45) is 0 Å². The summed E-state index contributed by atoms with van der Waals surface area (Å²) in [5, 5.41) is 4.13. The highest BCUT2D eigenvalue weighted by Gasteiger charge is 2.50. The Morgan fingerprint density at radius 3 is 2.86 bits per heavy atom. The van der Waals surface area contributed by atoms with Gasteiger partial charge in [-0.2, -0.15) is 0 Å². The second-order valence-electron chi connectivity index (χ2n) is 5.45. The van der Waals surface area contributed by atoms with E-state index in [1.54, 1.807) is 24.1 Å². The fourth-order valence-electron chi connectivity index (χ4n) is 2.81. The number of anilines is 1. The third-order valence-electron chi connectivity index (χ3n) is 4.04. The van der Waals surface area contributed by atoms with Crippen LogP contribution in [-0.4, -0.2) is 48.4 Å². The predicted octanol–water partition coefficient (Wildman–Crippen LogP) is 1.59. The van der Waals surface area contributed by atoms with Crippen molar-refractivity contribution in [2.45, 2.75) is 5.60 Å². The topological polar surface area (TPSA) is 76.6 Å². The van der Waals surface area contributed by atoms with E-state index in [-0.39, 0.29) is 6.09 Å². The van der Waals surface area contributed by atoms with Crippen molar-refractivity contribution in [1.82, 2.24) is 15.3 Å². The molecule has 2 aromatic rings. The fraction of sp³-hybridized carbons (Fsp3) is 0.357. The van der Waals surface area contributed by atoms with Gasteiger partial charge in [-0.25, -0.2) is 14.8 Å². The van der Waals surface area contributed by atoms with Gasteiger partial charge in [0.2, 0.25) is 0 Å². The highest BCUT2D eigenvalue weighted by atomic mass is 35.5. The Morgan fingerprint density at radius 1 is 1.41 bits per heavy atom. The zero-order valence-electron chi connectivity index (χ0n) is 11.8. The molecule has 0 radical (unpaired) electrons. The molecule has 0 saturated carbocycles. The van der Waals surface area contributed by atoms with Crippen LogP contribution < -0.4 is 15.0 Å². The Hall–Kier alpha value is -2.12. The minimum Gasteiger partial charge on any atom is -0.494 e. The lowest BCUT2D eigenvalue weighted by molar-refractivity contribution is 0.0142. The Bertz CT molecular complexity index is 778. The maximum absolute atomic E-state index is 12.2. The van der Waals surface area contributed by atoms with E-state index >= 15 is 0 Å². The number of fused-ring (bicyclic) bond motifs is 1. The number of carbonyl (C=O) groups is 1. The number of ether oxygens (including phenoxy) is 2. The summed E-state index contributed by atoms with van der Waals surface area (Å²) in [4.78, 5) is 21.9. The Morgan fingerprint density at radius 2 is 2.23 bits per heavy atom. The van der Waals surface area contributed by atoms with Crippen LogP contribution in [0.15, 0.2) is 18.5 Å². The van der Waals surface area contributed by atoms with Gasteiger partial charge in [0.1, 0.15) is 17.2 Å². The van der Waals surface area contributed by atoms with E-state index in [2.05, 4.69) is 15.3 Å². The fourth-order valence-corrected chi connectivity index (χ4v) is 3.01.